The normalized spacial score (nSPS) is 10.4. The molecule has 4 heteroatoms. The first-order valence-electron chi connectivity index (χ1n) is 2.89. The Morgan fingerprint density at radius 1 is 1.50 bits per heavy atom. The van der Waals surface area contributed by atoms with Crippen LogP contribution in [0.3, 0.4) is 0 Å². The van der Waals surface area contributed by atoms with Crippen LogP contribution in [0.5, 0.6) is 0 Å². The zero-order valence-electron chi connectivity index (χ0n) is 5.19. The van der Waals surface area contributed by atoms with Crippen LogP contribution < -0.4 is 9.52 Å². The molecule has 0 saturated carbocycles. The van der Waals surface area contributed by atoms with Gasteiger partial charge in [-0.2, -0.15) is 0 Å². The molecule has 0 spiro atoms. The van der Waals surface area contributed by atoms with E-state index in [0.717, 1.165) is 5.65 Å². The minimum Gasteiger partial charge on any atom is -0.351 e. The summed E-state index contributed by atoms with van der Waals surface area (Å²) in [6, 6.07) is 5.81. The zero-order valence-corrected chi connectivity index (χ0v) is 6.01. The summed E-state index contributed by atoms with van der Waals surface area (Å²) in [5.41, 5.74) is 6.38. The number of fused-ring (bicyclic) bond motifs is 1. The molecule has 10 heavy (non-hydrogen) atoms. The fourth-order valence-corrected chi connectivity index (χ4v) is 1.48. The highest BCUT2D eigenvalue weighted by Gasteiger charge is 2.07. The van der Waals surface area contributed by atoms with Crippen LogP contribution in [0.15, 0.2) is 24.4 Å². The van der Waals surface area contributed by atoms with Gasteiger partial charge in [-0.15, -0.1) is 3.79 Å². The van der Waals surface area contributed by atoms with Crippen LogP contribution in [0.1, 0.15) is 0 Å². The lowest BCUT2D eigenvalue weighted by Gasteiger charge is -1.74. The first kappa shape index (κ1) is 5.61. The van der Waals surface area contributed by atoms with Crippen LogP contribution in [-0.2, 0) is 0 Å². The maximum absolute atomic E-state index is 5.48. The van der Waals surface area contributed by atoms with E-state index < -0.39 is 0 Å². The number of pyridine rings is 1. The van der Waals surface area contributed by atoms with Gasteiger partial charge in [-0.1, -0.05) is 6.07 Å². The maximum Gasteiger partial charge on any atom is 0.342 e. The van der Waals surface area contributed by atoms with Gasteiger partial charge in [0, 0.05) is 6.07 Å². The average Bonchev–Trinajstić information content (AvgIpc) is 2.27. The van der Waals surface area contributed by atoms with Gasteiger partial charge in [0.1, 0.15) is 17.7 Å². The van der Waals surface area contributed by atoms with Crippen molar-refractivity contribution < 1.29 is 3.79 Å². The van der Waals surface area contributed by atoms with E-state index >= 15 is 0 Å². The molecule has 0 bridgehead atoms. The summed E-state index contributed by atoms with van der Waals surface area (Å²) < 4.78 is 1.93. The van der Waals surface area contributed by atoms with Crippen molar-refractivity contribution in [2.24, 2.45) is 0 Å². The quantitative estimate of drug-likeness (QED) is 0.557. The predicted octanol–water partition coefficient (Wildman–Crippen LogP) is 0.464. The lowest BCUT2D eigenvalue weighted by molar-refractivity contribution is -0.433. The summed E-state index contributed by atoms with van der Waals surface area (Å²) in [5.74, 6) is 0. The van der Waals surface area contributed by atoms with Crippen LogP contribution >= 0.6 is 11.5 Å². The summed E-state index contributed by atoms with van der Waals surface area (Å²) in [4.78, 5) is 4.07. The number of nitrogens with two attached hydrogens (primary N) is 1. The molecule has 2 rings (SSSR count). The SMILES string of the molecule is Nc1nc2cccc[n+]2s1. The molecule has 0 saturated heterocycles. The van der Waals surface area contributed by atoms with E-state index in [1.165, 1.54) is 11.5 Å². The fraction of sp³-hybridized carbons (Fsp3) is 0. The highest BCUT2D eigenvalue weighted by atomic mass is 32.1. The van der Waals surface area contributed by atoms with Gasteiger partial charge in [0.05, 0.1) is 0 Å². The molecule has 0 aromatic carbocycles. The van der Waals surface area contributed by atoms with Crippen molar-refractivity contribution in [1.29, 1.82) is 0 Å². The smallest absolute Gasteiger partial charge is 0.342 e. The molecule has 0 unspecified atom stereocenters. The number of hydrogen-bond donors (Lipinski definition) is 1. The molecular formula is C6H6N3S+. The van der Waals surface area contributed by atoms with Crippen LogP contribution in [-0.4, -0.2) is 4.98 Å². The van der Waals surface area contributed by atoms with Crippen molar-refractivity contribution in [3.05, 3.63) is 24.4 Å². The topological polar surface area (TPSA) is 43.0 Å². The molecule has 3 nitrogen and oxygen atoms in total. The molecular weight excluding hydrogens is 146 g/mol. The third-order valence-corrected chi connectivity index (χ3v) is 2.00. The summed E-state index contributed by atoms with van der Waals surface area (Å²) in [6.45, 7) is 0. The Labute approximate surface area is 61.9 Å². The summed E-state index contributed by atoms with van der Waals surface area (Å²) >= 11 is 1.44. The molecule has 0 atom stereocenters. The lowest BCUT2D eigenvalue weighted by atomic mass is 10.5. The second kappa shape index (κ2) is 1.91. The van der Waals surface area contributed by atoms with Gasteiger partial charge in [0.25, 0.3) is 0 Å². The Kier molecular flexibility index (Phi) is 1.07. The van der Waals surface area contributed by atoms with Crippen molar-refractivity contribution in [2.45, 2.75) is 0 Å². The third-order valence-electron chi connectivity index (χ3n) is 1.22. The fourth-order valence-electron chi connectivity index (χ4n) is 0.817. The molecule has 2 heterocycles. The summed E-state index contributed by atoms with van der Waals surface area (Å²) in [6.07, 6.45) is 1.93. The average molecular weight is 152 g/mol. The number of anilines is 1. The molecule has 0 radical (unpaired) electrons. The molecule has 0 amide bonds. The van der Waals surface area contributed by atoms with Crippen molar-refractivity contribution in [1.82, 2.24) is 4.98 Å². The Bertz CT molecular complexity index is 322. The van der Waals surface area contributed by atoms with Gasteiger partial charge >= 0.3 is 10.8 Å². The van der Waals surface area contributed by atoms with Crippen molar-refractivity contribution in [2.75, 3.05) is 5.73 Å². The second-order valence-corrected chi connectivity index (χ2v) is 2.92. The lowest BCUT2D eigenvalue weighted by Crippen LogP contribution is -2.12. The molecule has 0 aliphatic heterocycles. The largest absolute Gasteiger partial charge is 0.351 e. The zero-order chi connectivity index (χ0) is 6.97. The van der Waals surface area contributed by atoms with E-state index in [1.807, 2.05) is 28.2 Å². The minimum absolute atomic E-state index is 0.603. The van der Waals surface area contributed by atoms with Crippen molar-refractivity contribution in [3.8, 4) is 0 Å². The number of nitrogens with zero attached hydrogens (tertiary/aromatic N) is 2. The van der Waals surface area contributed by atoms with E-state index in [2.05, 4.69) is 4.98 Å². The van der Waals surface area contributed by atoms with Gasteiger partial charge in [0.15, 0.2) is 0 Å². The van der Waals surface area contributed by atoms with Crippen LogP contribution in [0.25, 0.3) is 5.65 Å². The van der Waals surface area contributed by atoms with Gasteiger partial charge in [-0.3, -0.25) is 0 Å². The number of hydrogen-bond acceptors (Lipinski definition) is 3. The predicted molar refractivity (Wildman–Crippen MR) is 39.7 cm³/mol. The standard InChI is InChI=1S/C6H5N3S/c7-6-8-5-3-1-2-4-9(5)10-6/h1-4,7H/p+1. The third kappa shape index (κ3) is 0.733. The van der Waals surface area contributed by atoms with Crippen LogP contribution in [0, 0.1) is 0 Å². The van der Waals surface area contributed by atoms with Gasteiger partial charge in [-0.05, 0) is 11.1 Å². The van der Waals surface area contributed by atoms with Crippen molar-refractivity contribution >= 4 is 22.3 Å². The molecule has 2 N–H and O–H groups in total. The number of rotatable bonds is 0. The van der Waals surface area contributed by atoms with Crippen LogP contribution in [0.4, 0.5) is 5.13 Å². The molecule has 2 aromatic rings. The molecule has 0 aliphatic carbocycles. The Hall–Kier alpha value is -1.16. The highest BCUT2D eigenvalue weighted by molar-refractivity contribution is 7.05. The van der Waals surface area contributed by atoms with Crippen LogP contribution in [0.2, 0.25) is 0 Å². The minimum atomic E-state index is 0.603. The molecule has 50 valence electrons. The van der Waals surface area contributed by atoms with Crippen molar-refractivity contribution in [3.63, 3.8) is 0 Å². The Morgan fingerprint density at radius 2 is 2.40 bits per heavy atom. The Balaban J connectivity index is 2.88. The van der Waals surface area contributed by atoms with E-state index in [0.29, 0.717) is 5.13 Å². The molecule has 0 fully saturated rings. The van der Waals surface area contributed by atoms with E-state index in [4.69, 9.17) is 5.73 Å². The summed E-state index contributed by atoms with van der Waals surface area (Å²) in [7, 11) is 0. The van der Waals surface area contributed by atoms with Gasteiger partial charge in [0.2, 0.25) is 0 Å². The Morgan fingerprint density at radius 3 is 3.20 bits per heavy atom. The van der Waals surface area contributed by atoms with Gasteiger partial charge in [-0.25, -0.2) is 0 Å². The van der Waals surface area contributed by atoms with E-state index in [9.17, 15) is 0 Å². The number of nitrogen functional groups attached to an aromatic ring is 1. The first-order valence-corrected chi connectivity index (χ1v) is 3.67. The molecule has 0 aliphatic rings. The first-order chi connectivity index (χ1) is 4.86. The van der Waals surface area contributed by atoms with E-state index in [-0.39, 0.29) is 0 Å². The number of aromatic nitrogens is 2. The molecule has 2 aromatic heterocycles. The highest BCUT2D eigenvalue weighted by Crippen LogP contribution is 2.03. The van der Waals surface area contributed by atoms with Gasteiger partial charge < -0.3 is 5.73 Å². The maximum atomic E-state index is 5.48. The summed E-state index contributed by atoms with van der Waals surface area (Å²) in [5, 5.41) is 0.603. The monoisotopic (exact) mass is 152 g/mol. The van der Waals surface area contributed by atoms with E-state index in [1.54, 1.807) is 0 Å². The second-order valence-electron chi connectivity index (χ2n) is 1.93.